The maximum Gasteiger partial charge on any atom is 0.316 e. The molecular formula is C21H21N3O4. The number of aromatic nitrogens is 2. The van der Waals surface area contributed by atoms with Crippen LogP contribution in [0.15, 0.2) is 53.5 Å². The van der Waals surface area contributed by atoms with Crippen LogP contribution in [0, 0.1) is 0 Å². The molecule has 1 N–H and O–H groups in total. The van der Waals surface area contributed by atoms with Crippen LogP contribution in [0.25, 0.3) is 0 Å². The van der Waals surface area contributed by atoms with Crippen LogP contribution in [-0.2, 0) is 0 Å². The second kappa shape index (κ2) is 7.34. The van der Waals surface area contributed by atoms with E-state index in [1.807, 2.05) is 25.1 Å². The van der Waals surface area contributed by atoms with E-state index < -0.39 is 0 Å². The number of allylic oxidation sites excluding steroid dienone is 3. The van der Waals surface area contributed by atoms with Gasteiger partial charge in [0.2, 0.25) is 0 Å². The van der Waals surface area contributed by atoms with Crippen LogP contribution in [0.1, 0.15) is 35.6 Å². The van der Waals surface area contributed by atoms with Crippen molar-refractivity contribution in [1.82, 2.24) is 9.97 Å². The molecule has 0 radical (unpaired) electrons. The zero-order valence-corrected chi connectivity index (χ0v) is 15.9. The average Bonchev–Trinajstić information content (AvgIpc) is 2.73. The lowest BCUT2D eigenvalue weighted by Gasteiger charge is -2.30. The Morgan fingerprint density at radius 1 is 1.00 bits per heavy atom. The molecule has 1 unspecified atom stereocenters. The number of aliphatic hydroxyl groups is 1. The molecule has 2 aromatic rings. The van der Waals surface area contributed by atoms with E-state index in [0.717, 1.165) is 22.4 Å². The molecule has 7 nitrogen and oxygen atoms in total. The van der Waals surface area contributed by atoms with E-state index in [1.165, 1.54) is 7.11 Å². The van der Waals surface area contributed by atoms with Crippen molar-refractivity contribution in [3.05, 3.63) is 65.2 Å². The lowest BCUT2D eigenvalue weighted by molar-refractivity contribution is 0.310. The van der Waals surface area contributed by atoms with Gasteiger partial charge in [-0.1, -0.05) is 0 Å². The Bertz CT molecular complexity index is 980. The SMILES string of the molecule is CCOc1cc2c(cc1OC)C(c1cnc(OC)nc1)N=C1C=CC(O)=C[C@@H]12. The summed E-state index contributed by atoms with van der Waals surface area (Å²) in [5, 5.41) is 10.0. The van der Waals surface area contributed by atoms with E-state index in [1.54, 1.807) is 31.7 Å². The Labute approximate surface area is 163 Å². The molecule has 4 rings (SSSR count). The molecule has 2 aliphatic rings. The molecule has 1 aliphatic carbocycles. The summed E-state index contributed by atoms with van der Waals surface area (Å²) in [6.45, 7) is 2.45. The molecule has 0 amide bonds. The molecule has 1 aromatic heterocycles. The van der Waals surface area contributed by atoms with Crippen molar-refractivity contribution < 1.29 is 19.3 Å². The van der Waals surface area contributed by atoms with Crippen LogP contribution < -0.4 is 14.2 Å². The number of nitrogens with zero attached hydrogens (tertiary/aromatic N) is 3. The lowest BCUT2D eigenvalue weighted by Crippen LogP contribution is -2.22. The number of methoxy groups -OCH3 is 2. The normalized spacial score (nSPS) is 19.8. The summed E-state index contributed by atoms with van der Waals surface area (Å²) >= 11 is 0. The highest BCUT2D eigenvalue weighted by molar-refractivity contribution is 6.04. The summed E-state index contributed by atoms with van der Waals surface area (Å²) in [6.07, 6.45) is 8.71. The topological polar surface area (TPSA) is 86.1 Å². The number of hydrogen-bond acceptors (Lipinski definition) is 7. The predicted octanol–water partition coefficient (Wildman–Crippen LogP) is 3.53. The maximum absolute atomic E-state index is 10.0. The molecule has 7 heteroatoms. The molecule has 0 spiro atoms. The first-order valence-electron chi connectivity index (χ1n) is 9.01. The Kier molecular flexibility index (Phi) is 4.73. The summed E-state index contributed by atoms with van der Waals surface area (Å²) in [6, 6.07) is 3.92. The van der Waals surface area contributed by atoms with E-state index in [-0.39, 0.29) is 17.7 Å². The molecule has 28 heavy (non-hydrogen) atoms. The third-order valence-electron chi connectivity index (χ3n) is 4.80. The summed E-state index contributed by atoms with van der Waals surface area (Å²) in [5.74, 6) is 1.37. The first-order valence-corrected chi connectivity index (χ1v) is 9.01. The van der Waals surface area contributed by atoms with Gasteiger partial charge in [-0.25, -0.2) is 9.97 Å². The molecule has 1 aliphatic heterocycles. The molecule has 2 heterocycles. The number of aliphatic imine (C=N–C) groups is 1. The summed E-state index contributed by atoms with van der Waals surface area (Å²) in [5.41, 5.74) is 3.67. The molecule has 0 bridgehead atoms. The van der Waals surface area contributed by atoms with Crippen molar-refractivity contribution in [3.63, 3.8) is 0 Å². The molecule has 144 valence electrons. The lowest BCUT2D eigenvalue weighted by atomic mass is 9.80. The first-order chi connectivity index (χ1) is 13.6. The van der Waals surface area contributed by atoms with Crippen LogP contribution in [0.2, 0.25) is 0 Å². The third kappa shape index (κ3) is 3.09. The fourth-order valence-corrected chi connectivity index (χ4v) is 3.53. The Morgan fingerprint density at radius 2 is 1.75 bits per heavy atom. The monoisotopic (exact) mass is 379 g/mol. The summed E-state index contributed by atoms with van der Waals surface area (Å²) < 4.78 is 16.4. The molecule has 0 saturated carbocycles. The van der Waals surface area contributed by atoms with Crippen LogP contribution in [0.3, 0.4) is 0 Å². The molecular weight excluding hydrogens is 358 g/mol. The van der Waals surface area contributed by atoms with Gasteiger partial charge in [0.05, 0.1) is 20.8 Å². The van der Waals surface area contributed by atoms with Gasteiger partial charge in [-0.15, -0.1) is 0 Å². The van der Waals surface area contributed by atoms with E-state index in [4.69, 9.17) is 19.2 Å². The highest BCUT2D eigenvalue weighted by atomic mass is 16.5. The van der Waals surface area contributed by atoms with Crippen LogP contribution in [0.5, 0.6) is 17.5 Å². The first kappa shape index (κ1) is 18.0. The van der Waals surface area contributed by atoms with E-state index in [2.05, 4.69) is 9.97 Å². The smallest absolute Gasteiger partial charge is 0.316 e. The van der Waals surface area contributed by atoms with Gasteiger partial charge in [-0.3, -0.25) is 4.99 Å². The molecule has 0 saturated heterocycles. The zero-order chi connectivity index (χ0) is 19.7. The van der Waals surface area contributed by atoms with Crippen LogP contribution in [0.4, 0.5) is 0 Å². The molecule has 2 atom stereocenters. The Balaban J connectivity index is 1.89. The van der Waals surface area contributed by atoms with Gasteiger partial charge in [0.15, 0.2) is 11.5 Å². The third-order valence-corrected chi connectivity index (χ3v) is 4.80. The Hall–Kier alpha value is -3.35. The van der Waals surface area contributed by atoms with Crippen molar-refractivity contribution in [2.24, 2.45) is 4.99 Å². The highest BCUT2D eigenvalue weighted by Crippen LogP contribution is 2.45. The van der Waals surface area contributed by atoms with E-state index in [9.17, 15) is 5.11 Å². The number of fused-ring (bicyclic) bond motifs is 3. The van der Waals surface area contributed by atoms with Crippen molar-refractivity contribution in [2.45, 2.75) is 18.9 Å². The van der Waals surface area contributed by atoms with E-state index in [0.29, 0.717) is 24.1 Å². The largest absolute Gasteiger partial charge is 0.508 e. The van der Waals surface area contributed by atoms with Crippen molar-refractivity contribution in [1.29, 1.82) is 0 Å². The Morgan fingerprint density at radius 3 is 2.43 bits per heavy atom. The van der Waals surface area contributed by atoms with Gasteiger partial charge in [0.25, 0.3) is 0 Å². The molecule has 1 aromatic carbocycles. The van der Waals surface area contributed by atoms with Gasteiger partial charge in [0.1, 0.15) is 11.8 Å². The van der Waals surface area contributed by atoms with E-state index >= 15 is 0 Å². The predicted molar refractivity (Wildman–Crippen MR) is 105 cm³/mol. The number of benzene rings is 1. The summed E-state index contributed by atoms with van der Waals surface area (Å²) in [7, 11) is 3.14. The number of ether oxygens (including phenoxy) is 3. The zero-order valence-electron chi connectivity index (χ0n) is 15.9. The molecule has 0 fully saturated rings. The van der Waals surface area contributed by atoms with Crippen molar-refractivity contribution >= 4 is 5.71 Å². The minimum absolute atomic E-state index is 0.152. The second-order valence-electron chi connectivity index (χ2n) is 6.43. The van der Waals surface area contributed by atoms with Crippen molar-refractivity contribution in [2.75, 3.05) is 20.8 Å². The minimum Gasteiger partial charge on any atom is -0.508 e. The van der Waals surface area contributed by atoms with Crippen LogP contribution in [-0.4, -0.2) is 41.6 Å². The number of rotatable bonds is 5. The maximum atomic E-state index is 10.0. The van der Waals surface area contributed by atoms with Gasteiger partial charge < -0.3 is 19.3 Å². The highest BCUT2D eigenvalue weighted by Gasteiger charge is 2.32. The quantitative estimate of drug-likeness (QED) is 0.855. The number of hydrogen-bond donors (Lipinski definition) is 1. The summed E-state index contributed by atoms with van der Waals surface area (Å²) in [4.78, 5) is 13.4. The fourth-order valence-electron chi connectivity index (χ4n) is 3.53. The van der Waals surface area contributed by atoms with Crippen LogP contribution >= 0.6 is 0 Å². The van der Waals surface area contributed by atoms with Gasteiger partial charge in [0, 0.05) is 29.6 Å². The van der Waals surface area contributed by atoms with Gasteiger partial charge in [-0.2, -0.15) is 0 Å². The standard InChI is InChI=1S/C21H21N3O4/c1-4-28-19-8-14-15-7-13(25)5-6-17(15)24-20(16(14)9-18(19)26-2)12-10-22-21(27-3)23-11-12/h5-11,15,20,25H,4H2,1-3H3/t15-,20?/m1/s1. The van der Waals surface area contributed by atoms with Gasteiger partial charge in [-0.05, 0) is 48.4 Å². The second-order valence-corrected chi connectivity index (χ2v) is 6.43. The van der Waals surface area contributed by atoms with Gasteiger partial charge >= 0.3 is 6.01 Å². The van der Waals surface area contributed by atoms with Crippen molar-refractivity contribution in [3.8, 4) is 17.5 Å². The number of aliphatic hydroxyl groups excluding tert-OH is 1. The fraction of sp³-hybridized carbons (Fsp3) is 0.286. The average molecular weight is 379 g/mol. The minimum atomic E-state index is -0.296.